The fraction of sp³-hybridized carbons (Fsp3) is 0.154. The molecule has 7 nitrogen and oxygen atoms in total. The summed E-state index contributed by atoms with van der Waals surface area (Å²) in [5, 5.41) is 0. The highest BCUT2D eigenvalue weighted by Gasteiger charge is 2.28. The van der Waals surface area contributed by atoms with Crippen LogP contribution >= 0.6 is 0 Å². The van der Waals surface area contributed by atoms with E-state index in [1.54, 1.807) is 73.8 Å². The highest BCUT2D eigenvalue weighted by Crippen LogP contribution is 2.36. The van der Waals surface area contributed by atoms with Gasteiger partial charge in [0.05, 0.1) is 32.0 Å². The van der Waals surface area contributed by atoms with Crippen molar-refractivity contribution >= 4 is 17.8 Å². The van der Waals surface area contributed by atoms with Crippen LogP contribution in [0.15, 0.2) is 66.4 Å². The van der Waals surface area contributed by atoms with Crippen LogP contribution in [-0.4, -0.2) is 32.6 Å². The standard InChI is InChI=1S/C26H22O7/c1-4-31-19-10-11-20-22(15-19)32-24(25(20)27)14-16-5-12-21(23(13-16)30-3)33-26(28)17-6-8-18(29-2)9-7-17/h5-15H,4H2,1-3H3/b24-14-. The lowest BCUT2D eigenvalue weighted by molar-refractivity contribution is 0.0729. The molecule has 3 aromatic rings. The number of carbonyl (C=O) groups excluding carboxylic acids is 2. The average Bonchev–Trinajstić information content (AvgIpc) is 3.14. The minimum Gasteiger partial charge on any atom is -0.497 e. The van der Waals surface area contributed by atoms with Gasteiger partial charge in [0.1, 0.15) is 17.2 Å². The summed E-state index contributed by atoms with van der Waals surface area (Å²) in [6, 6.07) is 16.7. The normalized spacial score (nSPS) is 13.3. The van der Waals surface area contributed by atoms with Crippen LogP contribution in [-0.2, 0) is 0 Å². The van der Waals surface area contributed by atoms with Gasteiger partial charge < -0.3 is 23.7 Å². The zero-order chi connectivity index (χ0) is 23.4. The minimum atomic E-state index is -0.531. The lowest BCUT2D eigenvalue weighted by atomic mass is 10.1. The van der Waals surface area contributed by atoms with Gasteiger partial charge in [-0.3, -0.25) is 4.79 Å². The van der Waals surface area contributed by atoms with E-state index >= 15 is 0 Å². The Kier molecular flexibility index (Phi) is 6.31. The highest BCUT2D eigenvalue weighted by molar-refractivity contribution is 6.14. The molecule has 168 valence electrons. The Hall–Kier alpha value is -4.26. The van der Waals surface area contributed by atoms with Crippen molar-refractivity contribution in [1.29, 1.82) is 0 Å². The third-order valence-corrected chi connectivity index (χ3v) is 4.97. The van der Waals surface area contributed by atoms with Crippen LogP contribution in [0.1, 0.15) is 33.2 Å². The fourth-order valence-electron chi connectivity index (χ4n) is 3.32. The number of hydrogen-bond donors (Lipinski definition) is 0. The predicted molar refractivity (Wildman–Crippen MR) is 121 cm³/mol. The number of rotatable bonds is 7. The monoisotopic (exact) mass is 446 g/mol. The molecule has 0 saturated carbocycles. The summed E-state index contributed by atoms with van der Waals surface area (Å²) in [4.78, 5) is 25.2. The maximum Gasteiger partial charge on any atom is 0.343 e. The summed E-state index contributed by atoms with van der Waals surface area (Å²) in [7, 11) is 3.02. The third-order valence-electron chi connectivity index (χ3n) is 4.97. The van der Waals surface area contributed by atoms with Crippen LogP contribution < -0.4 is 23.7 Å². The number of ether oxygens (including phenoxy) is 5. The van der Waals surface area contributed by atoms with Gasteiger partial charge in [0.25, 0.3) is 0 Å². The number of hydrogen-bond acceptors (Lipinski definition) is 7. The van der Waals surface area contributed by atoms with Crippen molar-refractivity contribution in [3.05, 3.63) is 83.1 Å². The summed E-state index contributed by atoms with van der Waals surface area (Å²) in [5.41, 5.74) is 1.50. The van der Waals surface area contributed by atoms with Crippen molar-refractivity contribution in [2.24, 2.45) is 0 Å². The van der Waals surface area contributed by atoms with Crippen molar-refractivity contribution in [2.75, 3.05) is 20.8 Å². The molecule has 0 bridgehead atoms. The first-order valence-electron chi connectivity index (χ1n) is 10.3. The quantitative estimate of drug-likeness (QED) is 0.289. The summed E-state index contributed by atoms with van der Waals surface area (Å²) >= 11 is 0. The first kappa shape index (κ1) is 22.0. The first-order chi connectivity index (χ1) is 16.0. The van der Waals surface area contributed by atoms with Crippen LogP contribution in [0, 0.1) is 0 Å². The third kappa shape index (κ3) is 4.67. The topological polar surface area (TPSA) is 80.3 Å². The number of esters is 1. The molecule has 4 rings (SSSR count). The van der Waals surface area contributed by atoms with Crippen molar-refractivity contribution in [3.8, 4) is 28.7 Å². The Bertz CT molecular complexity index is 1230. The highest BCUT2D eigenvalue weighted by atomic mass is 16.6. The van der Waals surface area contributed by atoms with E-state index < -0.39 is 5.97 Å². The van der Waals surface area contributed by atoms with Gasteiger partial charge in [-0.05, 0) is 67.1 Å². The van der Waals surface area contributed by atoms with Gasteiger partial charge in [-0.15, -0.1) is 0 Å². The Morgan fingerprint density at radius 2 is 1.67 bits per heavy atom. The van der Waals surface area contributed by atoms with Crippen molar-refractivity contribution in [1.82, 2.24) is 0 Å². The van der Waals surface area contributed by atoms with Crippen LogP contribution in [0.5, 0.6) is 28.7 Å². The molecule has 7 heteroatoms. The van der Waals surface area contributed by atoms with E-state index in [1.807, 2.05) is 6.92 Å². The molecule has 0 atom stereocenters. The van der Waals surface area contributed by atoms with E-state index in [1.165, 1.54) is 7.11 Å². The van der Waals surface area contributed by atoms with Crippen molar-refractivity contribution in [2.45, 2.75) is 6.92 Å². The molecule has 0 radical (unpaired) electrons. The molecule has 3 aromatic carbocycles. The van der Waals surface area contributed by atoms with Gasteiger partial charge in [-0.2, -0.15) is 0 Å². The molecule has 0 fully saturated rings. The molecule has 0 saturated heterocycles. The molecule has 1 heterocycles. The molecular formula is C26H22O7. The van der Waals surface area contributed by atoms with Crippen molar-refractivity contribution in [3.63, 3.8) is 0 Å². The van der Waals surface area contributed by atoms with E-state index in [0.29, 0.717) is 46.3 Å². The Morgan fingerprint density at radius 3 is 2.36 bits per heavy atom. The van der Waals surface area contributed by atoms with Crippen LogP contribution in [0.25, 0.3) is 6.08 Å². The molecule has 0 aliphatic carbocycles. The largest absolute Gasteiger partial charge is 0.497 e. The lowest BCUT2D eigenvalue weighted by Crippen LogP contribution is -2.09. The summed E-state index contributed by atoms with van der Waals surface area (Å²) in [6.45, 7) is 2.40. The van der Waals surface area contributed by atoms with E-state index in [4.69, 9.17) is 23.7 Å². The molecule has 0 unspecified atom stereocenters. The number of allylic oxidation sites excluding steroid dienone is 1. The van der Waals surface area contributed by atoms with Gasteiger partial charge in [-0.1, -0.05) is 6.07 Å². The van der Waals surface area contributed by atoms with Crippen LogP contribution in [0.4, 0.5) is 0 Å². The second kappa shape index (κ2) is 9.48. The fourth-order valence-corrected chi connectivity index (χ4v) is 3.32. The molecule has 1 aliphatic rings. The van der Waals surface area contributed by atoms with Gasteiger partial charge in [0, 0.05) is 6.07 Å². The number of benzene rings is 3. The SMILES string of the molecule is CCOc1ccc2c(c1)O/C(=C\c1ccc(OC(=O)c3ccc(OC)cc3)c(OC)c1)C2=O. The Labute approximate surface area is 191 Å². The predicted octanol–water partition coefficient (Wildman–Crippen LogP) is 4.94. The molecule has 0 aromatic heterocycles. The van der Waals surface area contributed by atoms with Crippen LogP contribution in [0.3, 0.4) is 0 Å². The number of methoxy groups -OCH3 is 2. The minimum absolute atomic E-state index is 0.184. The Balaban J connectivity index is 1.53. The average molecular weight is 446 g/mol. The van der Waals surface area contributed by atoms with Crippen molar-refractivity contribution < 1.29 is 33.3 Å². The zero-order valence-corrected chi connectivity index (χ0v) is 18.4. The van der Waals surface area contributed by atoms with Gasteiger partial charge in [-0.25, -0.2) is 4.79 Å². The number of fused-ring (bicyclic) bond motifs is 1. The molecule has 1 aliphatic heterocycles. The van der Waals surface area contributed by atoms with Gasteiger partial charge in [0.2, 0.25) is 5.78 Å². The molecular weight excluding hydrogens is 424 g/mol. The summed E-state index contributed by atoms with van der Waals surface area (Å²) in [5.74, 6) is 1.75. The maximum absolute atomic E-state index is 12.7. The molecule has 0 N–H and O–H groups in total. The Morgan fingerprint density at radius 1 is 0.909 bits per heavy atom. The number of Topliss-reactive ketones (excluding diaryl/α,β-unsaturated/α-hetero) is 1. The van der Waals surface area contributed by atoms with E-state index in [0.717, 1.165) is 0 Å². The van der Waals surface area contributed by atoms with E-state index in [-0.39, 0.29) is 17.3 Å². The molecule has 33 heavy (non-hydrogen) atoms. The lowest BCUT2D eigenvalue weighted by Gasteiger charge is -2.10. The molecule has 0 spiro atoms. The second-order valence-corrected chi connectivity index (χ2v) is 7.06. The zero-order valence-electron chi connectivity index (χ0n) is 18.4. The van der Waals surface area contributed by atoms with E-state index in [9.17, 15) is 9.59 Å². The smallest absolute Gasteiger partial charge is 0.343 e. The molecule has 0 amide bonds. The van der Waals surface area contributed by atoms with Gasteiger partial charge in [0.15, 0.2) is 17.3 Å². The van der Waals surface area contributed by atoms with Crippen LogP contribution in [0.2, 0.25) is 0 Å². The maximum atomic E-state index is 12.7. The summed E-state index contributed by atoms with van der Waals surface area (Å²) in [6.07, 6.45) is 1.61. The number of ketones is 1. The summed E-state index contributed by atoms with van der Waals surface area (Å²) < 4.78 is 27.2. The second-order valence-electron chi connectivity index (χ2n) is 7.06. The van der Waals surface area contributed by atoms with Gasteiger partial charge >= 0.3 is 5.97 Å². The first-order valence-corrected chi connectivity index (χ1v) is 10.3. The van der Waals surface area contributed by atoms with E-state index in [2.05, 4.69) is 0 Å². The number of carbonyl (C=O) groups is 2.